The van der Waals surface area contributed by atoms with Crippen LogP contribution in [-0.2, 0) is 9.53 Å². The molecule has 3 heterocycles. The molecule has 37 heavy (non-hydrogen) atoms. The van der Waals surface area contributed by atoms with Crippen molar-refractivity contribution in [2.75, 3.05) is 24.6 Å². The fourth-order valence-corrected chi connectivity index (χ4v) is 5.96. The molecule has 2 aliphatic carbocycles. The Morgan fingerprint density at radius 2 is 1.84 bits per heavy atom. The van der Waals surface area contributed by atoms with E-state index >= 15 is 0 Å². The summed E-state index contributed by atoms with van der Waals surface area (Å²) in [5.74, 6) is 1.84. The van der Waals surface area contributed by atoms with Gasteiger partial charge in [-0.05, 0) is 83.3 Å². The highest BCUT2D eigenvalue weighted by atomic mass is 16.5. The number of fused-ring (bicyclic) bond motifs is 1. The zero-order valence-corrected chi connectivity index (χ0v) is 22.7. The van der Waals surface area contributed by atoms with Crippen LogP contribution in [0.4, 0.5) is 5.69 Å². The molecule has 1 N–H and O–H groups in total. The van der Waals surface area contributed by atoms with Crippen molar-refractivity contribution in [1.29, 1.82) is 0 Å². The Hall–Kier alpha value is -2.67. The quantitative estimate of drug-likeness (QED) is 0.455. The van der Waals surface area contributed by atoms with E-state index in [0.29, 0.717) is 23.1 Å². The van der Waals surface area contributed by atoms with Gasteiger partial charge in [0, 0.05) is 36.1 Å². The molecule has 2 unspecified atom stereocenters. The third kappa shape index (κ3) is 6.08. The third-order valence-corrected chi connectivity index (χ3v) is 8.05. The number of carboxylic acids is 1. The standard InChI is InChI=1S/C30H41N3O4/c1-19-26(28(29(34)35)37-30(2,3)4)27(33-14-13-21-7-5-6-8-22(21)17-33)24(16-31-19)25-12-11-23(15-32-25)36-18-20-9-10-20/h11-12,15-16,20-22,28H,5-10,13-14,17-18H2,1-4H3,(H,34,35)/t21?,22?,28-/m0/s1. The molecule has 0 radical (unpaired) electrons. The van der Waals surface area contributed by atoms with Gasteiger partial charge in [-0.2, -0.15) is 0 Å². The zero-order chi connectivity index (χ0) is 26.2. The summed E-state index contributed by atoms with van der Waals surface area (Å²) in [6.07, 6.45) is 11.3. The summed E-state index contributed by atoms with van der Waals surface area (Å²) in [6, 6.07) is 3.93. The summed E-state index contributed by atoms with van der Waals surface area (Å²) in [7, 11) is 0. The number of nitrogens with zero attached hydrogens (tertiary/aromatic N) is 3. The second kappa shape index (κ2) is 10.6. The maximum absolute atomic E-state index is 12.6. The largest absolute Gasteiger partial charge is 0.492 e. The molecule has 5 rings (SSSR count). The number of hydrogen-bond acceptors (Lipinski definition) is 6. The number of ether oxygens (including phenoxy) is 2. The van der Waals surface area contributed by atoms with Crippen LogP contribution in [0.25, 0.3) is 11.3 Å². The number of carbonyl (C=O) groups is 1. The minimum Gasteiger partial charge on any atom is -0.492 e. The van der Waals surface area contributed by atoms with Crippen molar-refractivity contribution in [2.24, 2.45) is 17.8 Å². The highest BCUT2D eigenvalue weighted by Crippen LogP contribution is 2.44. The Labute approximate surface area is 220 Å². The van der Waals surface area contributed by atoms with E-state index in [-0.39, 0.29) is 0 Å². The van der Waals surface area contributed by atoms with Crippen molar-refractivity contribution >= 4 is 11.7 Å². The van der Waals surface area contributed by atoms with Crippen molar-refractivity contribution in [3.05, 3.63) is 35.8 Å². The summed E-state index contributed by atoms with van der Waals surface area (Å²) in [5, 5.41) is 10.3. The van der Waals surface area contributed by atoms with Gasteiger partial charge in [-0.1, -0.05) is 19.3 Å². The van der Waals surface area contributed by atoms with Gasteiger partial charge in [-0.25, -0.2) is 4.79 Å². The molecular formula is C30H41N3O4. The Balaban J connectivity index is 1.56. The van der Waals surface area contributed by atoms with Gasteiger partial charge in [-0.15, -0.1) is 0 Å². The highest BCUT2D eigenvalue weighted by Gasteiger charge is 2.37. The number of piperidine rings is 1. The maximum atomic E-state index is 12.6. The number of carboxylic acid groups (broad SMARTS) is 1. The van der Waals surface area contributed by atoms with Crippen molar-refractivity contribution in [1.82, 2.24) is 9.97 Å². The molecule has 3 atom stereocenters. The smallest absolute Gasteiger partial charge is 0.337 e. The molecule has 0 aromatic carbocycles. The monoisotopic (exact) mass is 507 g/mol. The molecule has 7 heteroatoms. The Morgan fingerprint density at radius 1 is 1.08 bits per heavy atom. The van der Waals surface area contributed by atoms with Crippen LogP contribution in [0.1, 0.15) is 83.1 Å². The Morgan fingerprint density at radius 3 is 2.49 bits per heavy atom. The first-order chi connectivity index (χ1) is 17.7. The maximum Gasteiger partial charge on any atom is 0.337 e. The lowest BCUT2D eigenvalue weighted by Crippen LogP contribution is -2.43. The molecule has 3 aliphatic rings. The van der Waals surface area contributed by atoms with E-state index in [9.17, 15) is 9.90 Å². The van der Waals surface area contributed by atoms with E-state index < -0.39 is 17.7 Å². The first-order valence-corrected chi connectivity index (χ1v) is 13.9. The number of hydrogen-bond donors (Lipinski definition) is 1. The minimum atomic E-state index is -1.12. The van der Waals surface area contributed by atoms with Crippen LogP contribution in [0.15, 0.2) is 24.5 Å². The van der Waals surface area contributed by atoms with E-state index in [1.165, 1.54) is 38.5 Å². The molecule has 200 valence electrons. The van der Waals surface area contributed by atoms with Gasteiger partial charge in [0.25, 0.3) is 0 Å². The zero-order valence-electron chi connectivity index (χ0n) is 22.7. The highest BCUT2D eigenvalue weighted by molar-refractivity contribution is 5.85. The van der Waals surface area contributed by atoms with Gasteiger partial charge in [0.2, 0.25) is 0 Å². The lowest BCUT2D eigenvalue weighted by molar-refractivity contribution is -0.160. The van der Waals surface area contributed by atoms with Crippen LogP contribution in [0.3, 0.4) is 0 Å². The van der Waals surface area contributed by atoms with Crippen LogP contribution in [0, 0.1) is 24.7 Å². The van der Waals surface area contributed by atoms with Gasteiger partial charge < -0.3 is 19.5 Å². The predicted molar refractivity (Wildman–Crippen MR) is 144 cm³/mol. The number of aromatic nitrogens is 2. The Kier molecular flexibility index (Phi) is 7.44. The summed E-state index contributed by atoms with van der Waals surface area (Å²) in [5.41, 5.74) is 3.24. The fourth-order valence-electron chi connectivity index (χ4n) is 5.96. The SMILES string of the molecule is Cc1ncc(-c2ccc(OCC3CC3)cn2)c(N2CCC3CCCCC3C2)c1[C@H](OC(C)(C)C)C(=O)O. The molecule has 0 spiro atoms. The molecule has 2 aromatic heterocycles. The average molecular weight is 508 g/mol. The minimum absolute atomic E-state index is 0.627. The second-order valence-electron chi connectivity index (χ2n) is 12.1. The molecular weight excluding hydrogens is 466 g/mol. The first-order valence-electron chi connectivity index (χ1n) is 13.9. The van der Waals surface area contributed by atoms with Crippen LogP contribution in [-0.4, -0.2) is 46.3 Å². The van der Waals surface area contributed by atoms with E-state index in [2.05, 4.69) is 9.88 Å². The van der Waals surface area contributed by atoms with Crippen LogP contribution in [0.5, 0.6) is 5.75 Å². The molecule has 7 nitrogen and oxygen atoms in total. The number of anilines is 1. The van der Waals surface area contributed by atoms with Gasteiger partial charge in [0.15, 0.2) is 6.10 Å². The summed E-state index contributed by atoms with van der Waals surface area (Å²) < 4.78 is 12.1. The molecule has 0 bridgehead atoms. The normalized spacial score (nSPS) is 22.9. The average Bonchev–Trinajstić information content (AvgIpc) is 3.70. The van der Waals surface area contributed by atoms with E-state index in [0.717, 1.165) is 54.7 Å². The van der Waals surface area contributed by atoms with Crippen LogP contribution in [0.2, 0.25) is 0 Å². The molecule has 3 fully saturated rings. The molecule has 1 saturated heterocycles. The van der Waals surface area contributed by atoms with Crippen LogP contribution >= 0.6 is 0 Å². The van der Waals surface area contributed by atoms with Gasteiger partial charge in [-0.3, -0.25) is 9.97 Å². The molecule has 1 aliphatic heterocycles. The summed E-state index contributed by atoms with van der Waals surface area (Å²) in [4.78, 5) is 24.4. The fraction of sp³-hybridized carbons (Fsp3) is 0.633. The van der Waals surface area contributed by atoms with Gasteiger partial charge in [0.1, 0.15) is 5.75 Å². The van der Waals surface area contributed by atoms with Gasteiger partial charge in [0.05, 0.1) is 29.8 Å². The topological polar surface area (TPSA) is 84.8 Å². The first kappa shape index (κ1) is 26.0. The molecule has 2 saturated carbocycles. The van der Waals surface area contributed by atoms with Crippen molar-refractivity contribution in [3.63, 3.8) is 0 Å². The molecule has 0 amide bonds. The van der Waals surface area contributed by atoms with Crippen LogP contribution < -0.4 is 9.64 Å². The Bertz CT molecular complexity index is 1110. The number of rotatable bonds is 8. The van der Waals surface area contributed by atoms with Crippen molar-refractivity contribution in [3.8, 4) is 17.0 Å². The number of aryl methyl sites for hydroxylation is 1. The van der Waals surface area contributed by atoms with Gasteiger partial charge >= 0.3 is 5.97 Å². The van der Waals surface area contributed by atoms with E-state index in [1.807, 2.05) is 46.0 Å². The van der Waals surface area contributed by atoms with Crippen molar-refractivity contribution < 1.29 is 19.4 Å². The van der Waals surface area contributed by atoms with Crippen molar-refractivity contribution in [2.45, 2.75) is 84.3 Å². The van der Waals surface area contributed by atoms with E-state index in [4.69, 9.17) is 14.5 Å². The summed E-state index contributed by atoms with van der Waals surface area (Å²) in [6.45, 7) is 10.1. The number of pyridine rings is 2. The number of aliphatic carboxylic acids is 1. The second-order valence-corrected chi connectivity index (χ2v) is 12.1. The summed E-state index contributed by atoms with van der Waals surface area (Å²) >= 11 is 0. The predicted octanol–water partition coefficient (Wildman–Crippen LogP) is 6.20. The lowest BCUT2D eigenvalue weighted by Gasteiger charge is -2.44. The lowest BCUT2D eigenvalue weighted by atomic mass is 9.75. The third-order valence-electron chi connectivity index (χ3n) is 8.05. The molecule has 2 aromatic rings. The van der Waals surface area contributed by atoms with E-state index in [1.54, 1.807) is 6.20 Å².